The Hall–Kier alpha value is -3.09. The summed E-state index contributed by atoms with van der Waals surface area (Å²) in [4.78, 5) is 27.1. The number of methoxy groups -OCH3 is 1. The van der Waals surface area contributed by atoms with Gasteiger partial charge in [0.25, 0.3) is 5.91 Å². The van der Waals surface area contributed by atoms with Crippen molar-refractivity contribution in [2.45, 2.75) is 45.8 Å². The highest BCUT2D eigenvalue weighted by Crippen LogP contribution is 2.18. The topological polar surface area (TPSA) is 67.9 Å². The zero-order valence-corrected chi connectivity index (χ0v) is 18.1. The van der Waals surface area contributed by atoms with Crippen molar-refractivity contribution >= 4 is 11.8 Å². The van der Waals surface area contributed by atoms with E-state index in [1.165, 1.54) is 23.1 Å². The number of nitrogens with one attached hydrogen (secondary N) is 1. The van der Waals surface area contributed by atoms with Crippen LogP contribution in [0.4, 0.5) is 4.39 Å². The van der Waals surface area contributed by atoms with Gasteiger partial charge in [0, 0.05) is 12.1 Å². The summed E-state index contributed by atoms with van der Waals surface area (Å²) in [5.74, 6) is -0.640. The predicted molar refractivity (Wildman–Crippen MR) is 113 cm³/mol. The van der Waals surface area contributed by atoms with E-state index in [9.17, 15) is 14.0 Å². The Morgan fingerprint density at radius 2 is 1.83 bits per heavy atom. The van der Waals surface area contributed by atoms with E-state index in [0.29, 0.717) is 5.75 Å². The fraction of sp³-hybridized carbons (Fsp3) is 0.391. The first-order valence-electron chi connectivity index (χ1n) is 9.72. The van der Waals surface area contributed by atoms with Gasteiger partial charge in [0.2, 0.25) is 5.91 Å². The molecule has 30 heavy (non-hydrogen) atoms. The molecule has 0 bridgehead atoms. The monoisotopic (exact) mass is 416 g/mol. The molecule has 2 aromatic carbocycles. The zero-order chi connectivity index (χ0) is 22.3. The molecular formula is C23H29FN2O4. The van der Waals surface area contributed by atoms with Gasteiger partial charge in [-0.3, -0.25) is 9.59 Å². The molecule has 162 valence electrons. The summed E-state index contributed by atoms with van der Waals surface area (Å²) in [6.07, 6.45) is 0. The summed E-state index contributed by atoms with van der Waals surface area (Å²) >= 11 is 0. The lowest BCUT2D eigenvalue weighted by molar-refractivity contribution is -0.142. The first kappa shape index (κ1) is 23.2. The van der Waals surface area contributed by atoms with Crippen LogP contribution in [0.1, 0.15) is 33.3 Å². The molecule has 6 nitrogen and oxygen atoms in total. The van der Waals surface area contributed by atoms with E-state index >= 15 is 0 Å². The van der Waals surface area contributed by atoms with Crippen LogP contribution in [-0.4, -0.2) is 42.0 Å². The van der Waals surface area contributed by atoms with Crippen LogP contribution >= 0.6 is 0 Å². The van der Waals surface area contributed by atoms with Crippen molar-refractivity contribution in [3.05, 3.63) is 59.9 Å². The van der Waals surface area contributed by atoms with Crippen molar-refractivity contribution in [1.29, 1.82) is 0 Å². The van der Waals surface area contributed by atoms with Crippen LogP contribution in [0, 0.1) is 5.82 Å². The molecule has 0 aromatic heterocycles. The summed E-state index contributed by atoms with van der Waals surface area (Å²) in [6, 6.07) is 12.4. The number of para-hydroxylation sites is 1. The summed E-state index contributed by atoms with van der Waals surface area (Å²) in [6.45, 7) is 7.04. The van der Waals surface area contributed by atoms with Gasteiger partial charge >= 0.3 is 0 Å². The van der Waals surface area contributed by atoms with Gasteiger partial charge in [0.05, 0.1) is 7.11 Å². The molecule has 1 N–H and O–H groups in total. The third-order valence-electron chi connectivity index (χ3n) is 4.34. The average molecular weight is 416 g/mol. The Morgan fingerprint density at radius 3 is 2.47 bits per heavy atom. The number of hydrogen-bond donors (Lipinski definition) is 1. The van der Waals surface area contributed by atoms with Gasteiger partial charge in [-0.2, -0.15) is 0 Å². The first-order chi connectivity index (χ1) is 14.1. The van der Waals surface area contributed by atoms with E-state index in [1.807, 2.05) is 32.9 Å². The minimum absolute atomic E-state index is 0.0148. The number of ether oxygens (including phenoxy) is 2. The van der Waals surface area contributed by atoms with Gasteiger partial charge < -0.3 is 19.7 Å². The van der Waals surface area contributed by atoms with Crippen molar-refractivity contribution < 1.29 is 23.5 Å². The normalized spacial score (nSPS) is 12.1. The molecule has 0 spiro atoms. The molecule has 0 aliphatic carbocycles. The maximum absolute atomic E-state index is 13.8. The van der Waals surface area contributed by atoms with Crippen molar-refractivity contribution in [1.82, 2.24) is 10.2 Å². The summed E-state index contributed by atoms with van der Waals surface area (Å²) < 4.78 is 24.4. The second-order valence-corrected chi connectivity index (χ2v) is 8.01. The number of carbonyl (C=O) groups excluding carboxylic acids is 2. The molecule has 0 radical (unpaired) electrons. The van der Waals surface area contributed by atoms with Crippen LogP contribution in [0.5, 0.6) is 11.5 Å². The molecule has 1 unspecified atom stereocenters. The smallest absolute Gasteiger partial charge is 0.261 e. The lowest BCUT2D eigenvalue weighted by Gasteiger charge is -2.31. The van der Waals surface area contributed by atoms with Crippen LogP contribution in [0.3, 0.4) is 0 Å². The van der Waals surface area contributed by atoms with Gasteiger partial charge in [-0.25, -0.2) is 4.39 Å². The molecule has 0 fully saturated rings. The van der Waals surface area contributed by atoms with Crippen LogP contribution in [0.15, 0.2) is 48.5 Å². The second-order valence-electron chi connectivity index (χ2n) is 8.01. The van der Waals surface area contributed by atoms with E-state index < -0.39 is 29.9 Å². The molecule has 0 saturated heterocycles. The minimum atomic E-state index is -0.757. The highest BCUT2D eigenvalue weighted by molar-refractivity contribution is 5.88. The number of carbonyl (C=O) groups is 2. The molecule has 0 aliphatic rings. The fourth-order valence-corrected chi connectivity index (χ4v) is 2.81. The summed E-state index contributed by atoms with van der Waals surface area (Å²) in [5.41, 5.74) is 0.351. The first-order valence-corrected chi connectivity index (χ1v) is 9.72. The van der Waals surface area contributed by atoms with Crippen LogP contribution in [-0.2, 0) is 16.1 Å². The van der Waals surface area contributed by atoms with Crippen molar-refractivity contribution in [3.63, 3.8) is 0 Å². The van der Waals surface area contributed by atoms with E-state index in [-0.39, 0.29) is 18.2 Å². The number of halogens is 1. The molecule has 7 heteroatoms. The third kappa shape index (κ3) is 6.76. The lowest BCUT2D eigenvalue weighted by Crippen LogP contribution is -2.53. The highest BCUT2D eigenvalue weighted by atomic mass is 19.1. The van der Waals surface area contributed by atoms with E-state index in [4.69, 9.17) is 9.47 Å². The number of hydrogen-bond acceptors (Lipinski definition) is 4. The van der Waals surface area contributed by atoms with Crippen molar-refractivity contribution in [2.24, 2.45) is 0 Å². The Morgan fingerprint density at radius 1 is 1.13 bits per heavy atom. The number of benzene rings is 2. The predicted octanol–water partition coefficient (Wildman–Crippen LogP) is 3.55. The molecule has 2 aromatic rings. The molecule has 0 aliphatic heterocycles. The standard InChI is InChI=1S/C23H29FN2O4/c1-16(22(28)25-23(2,3)4)26(14-17-9-8-10-18(13-17)29-5)21(27)15-30-20-12-7-6-11-19(20)24/h6-13,16H,14-15H2,1-5H3,(H,25,28). The van der Waals surface area contributed by atoms with E-state index in [2.05, 4.69) is 5.32 Å². The Bertz CT molecular complexity index is 880. The number of nitrogens with zero attached hydrogens (tertiary/aromatic N) is 1. The lowest BCUT2D eigenvalue weighted by atomic mass is 10.1. The summed E-state index contributed by atoms with van der Waals surface area (Å²) in [5, 5.41) is 2.89. The fourth-order valence-electron chi connectivity index (χ4n) is 2.81. The van der Waals surface area contributed by atoms with Crippen molar-refractivity contribution in [3.8, 4) is 11.5 Å². The molecule has 0 saturated carbocycles. The van der Waals surface area contributed by atoms with E-state index in [0.717, 1.165) is 5.56 Å². The Labute approximate surface area is 177 Å². The molecule has 2 rings (SSSR count). The second kappa shape index (κ2) is 10.1. The minimum Gasteiger partial charge on any atom is -0.497 e. The largest absolute Gasteiger partial charge is 0.497 e. The van der Waals surface area contributed by atoms with Crippen LogP contribution in [0.2, 0.25) is 0 Å². The van der Waals surface area contributed by atoms with Gasteiger partial charge in [0.15, 0.2) is 18.2 Å². The molecular weight excluding hydrogens is 387 g/mol. The molecule has 1 atom stereocenters. The van der Waals surface area contributed by atoms with Crippen LogP contribution < -0.4 is 14.8 Å². The third-order valence-corrected chi connectivity index (χ3v) is 4.34. The molecule has 0 heterocycles. The number of amides is 2. The maximum Gasteiger partial charge on any atom is 0.261 e. The van der Waals surface area contributed by atoms with Gasteiger partial charge in [0.1, 0.15) is 11.8 Å². The SMILES string of the molecule is COc1cccc(CN(C(=O)COc2ccccc2F)C(C)C(=O)NC(C)(C)C)c1. The maximum atomic E-state index is 13.8. The zero-order valence-electron chi connectivity index (χ0n) is 18.1. The summed E-state index contributed by atoms with van der Waals surface area (Å²) in [7, 11) is 1.56. The molecule has 2 amide bonds. The Balaban J connectivity index is 2.21. The Kier molecular flexibility index (Phi) is 7.80. The van der Waals surface area contributed by atoms with Gasteiger partial charge in [-0.15, -0.1) is 0 Å². The van der Waals surface area contributed by atoms with Crippen LogP contribution in [0.25, 0.3) is 0 Å². The highest BCUT2D eigenvalue weighted by Gasteiger charge is 2.29. The van der Waals surface area contributed by atoms with Gasteiger partial charge in [-0.05, 0) is 57.5 Å². The van der Waals surface area contributed by atoms with E-state index in [1.54, 1.807) is 32.2 Å². The van der Waals surface area contributed by atoms with Gasteiger partial charge in [-0.1, -0.05) is 24.3 Å². The number of rotatable bonds is 8. The van der Waals surface area contributed by atoms with Crippen molar-refractivity contribution in [2.75, 3.05) is 13.7 Å². The average Bonchev–Trinajstić information content (AvgIpc) is 2.69. The quantitative estimate of drug-likeness (QED) is 0.715.